The predicted molar refractivity (Wildman–Crippen MR) is 85.4 cm³/mol. The Morgan fingerprint density at radius 2 is 2.36 bits per heavy atom. The van der Waals surface area contributed by atoms with E-state index in [1.165, 1.54) is 0 Å². The van der Waals surface area contributed by atoms with E-state index in [1.807, 2.05) is 23.4 Å². The average Bonchev–Trinajstić information content (AvgIpc) is 3.10. The predicted octanol–water partition coefficient (Wildman–Crippen LogP) is 2.96. The van der Waals surface area contributed by atoms with Crippen LogP contribution in [0.5, 0.6) is 5.88 Å². The van der Waals surface area contributed by atoms with Gasteiger partial charge in [0.2, 0.25) is 5.88 Å². The van der Waals surface area contributed by atoms with Crippen LogP contribution in [0.4, 0.5) is 0 Å². The van der Waals surface area contributed by atoms with Crippen molar-refractivity contribution in [3.63, 3.8) is 0 Å². The van der Waals surface area contributed by atoms with Crippen LogP contribution in [0.1, 0.15) is 41.0 Å². The number of hydrogen-bond donors (Lipinski definition) is 0. The molecule has 0 bridgehead atoms. The maximum absolute atomic E-state index is 12.8. The second kappa shape index (κ2) is 6.87. The summed E-state index contributed by atoms with van der Waals surface area (Å²) < 4.78 is 5.48. The third-order valence-electron chi connectivity index (χ3n) is 3.79. The quantitative estimate of drug-likeness (QED) is 0.870. The summed E-state index contributed by atoms with van der Waals surface area (Å²) in [5, 5.41) is 3.11. The largest absolute Gasteiger partial charge is 0.477 e. The summed E-state index contributed by atoms with van der Waals surface area (Å²) in [5.74, 6) is 0.758. The van der Waals surface area contributed by atoms with Gasteiger partial charge in [0, 0.05) is 36.8 Å². The van der Waals surface area contributed by atoms with Crippen LogP contribution in [0.2, 0.25) is 0 Å². The summed E-state index contributed by atoms with van der Waals surface area (Å²) in [6.45, 7) is 3.88. The Morgan fingerprint density at radius 1 is 1.45 bits per heavy atom. The molecule has 3 heterocycles. The Labute approximate surface area is 134 Å². The Hall–Kier alpha value is -1.95. The van der Waals surface area contributed by atoms with Gasteiger partial charge >= 0.3 is 0 Å². The lowest BCUT2D eigenvalue weighted by atomic mass is 9.98. The Kier molecular flexibility index (Phi) is 4.68. The summed E-state index contributed by atoms with van der Waals surface area (Å²) in [6.07, 6.45) is 5.56. The number of pyridine rings is 1. The number of piperidine rings is 1. The topological polar surface area (TPSA) is 55.3 Å². The van der Waals surface area contributed by atoms with Crippen molar-refractivity contribution in [3.8, 4) is 5.88 Å². The minimum absolute atomic E-state index is 0.00203. The minimum Gasteiger partial charge on any atom is -0.477 e. The summed E-state index contributed by atoms with van der Waals surface area (Å²) in [5.41, 5.74) is 0.545. The van der Waals surface area contributed by atoms with Gasteiger partial charge in [-0.25, -0.2) is 9.97 Å². The van der Waals surface area contributed by atoms with E-state index in [9.17, 15) is 4.79 Å². The van der Waals surface area contributed by atoms with E-state index in [2.05, 4.69) is 9.97 Å². The number of aromatic nitrogens is 2. The van der Waals surface area contributed by atoms with Crippen molar-refractivity contribution in [2.24, 2.45) is 0 Å². The maximum atomic E-state index is 12.8. The van der Waals surface area contributed by atoms with E-state index in [1.54, 1.807) is 29.7 Å². The zero-order valence-corrected chi connectivity index (χ0v) is 13.4. The molecule has 2 aromatic rings. The van der Waals surface area contributed by atoms with Gasteiger partial charge in [0.15, 0.2) is 0 Å². The number of ether oxygens (including phenoxy) is 1. The summed E-state index contributed by atoms with van der Waals surface area (Å²) in [4.78, 5) is 23.3. The van der Waals surface area contributed by atoms with Crippen LogP contribution in [-0.2, 0) is 0 Å². The molecule has 3 rings (SSSR count). The molecule has 5 nitrogen and oxygen atoms in total. The number of likely N-dealkylation sites (tertiary alicyclic amines) is 1. The van der Waals surface area contributed by atoms with E-state index in [4.69, 9.17) is 4.74 Å². The smallest absolute Gasteiger partial charge is 0.259 e. The molecular weight excluding hydrogens is 298 g/mol. The van der Waals surface area contributed by atoms with Gasteiger partial charge < -0.3 is 9.64 Å². The van der Waals surface area contributed by atoms with Gasteiger partial charge in [-0.05, 0) is 31.9 Å². The standard InChI is InChI=1S/C16H19N3O2S/c1-2-21-14-13(6-3-7-17-14)16(20)19-9-4-5-12(11-19)15-18-8-10-22-15/h3,6-8,10,12H,2,4-5,9,11H2,1H3/t12-/m1/s1. The highest BCUT2D eigenvalue weighted by molar-refractivity contribution is 7.09. The first-order chi connectivity index (χ1) is 10.8. The average molecular weight is 317 g/mol. The van der Waals surface area contributed by atoms with Crippen molar-refractivity contribution in [3.05, 3.63) is 40.5 Å². The molecule has 2 aromatic heterocycles. The fourth-order valence-corrected chi connectivity index (χ4v) is 3.54. The molecule has 0 aliphatic carbocycles. The molecule has 0 aromatic carbocycles. The number of carbonyl (C=O) groups excluding carboxylic acids is 1. The molecular formula is C16H19N3O2S. The lowest BCUT2D eigenvalue weighted by molar-refractivity contribution is 0.0702. The maximum Gasteiger partial charge on any atom is 0.259 e. The molecule has 22 heavy (non-hydrogen) atoms. The summed E-state index contributed by atoms with van der Waals surface area (Å²) in [7, 11) is 0. The minimum atomic E-state index is -0.00203. The van der Waals surface area contributed by atoms with Crippen molar-refractivity contribution in [2.45, 2.75) is 25.7 Å². The van der Waals surface area contributed by atoms with Crippen molar-refractivity contribution in [1.29, 1.82) is 0 Å². The molecule has 0 N–H and O–H groups in total. The van der Waals surface area contributed by atoms with Crippen LogP contribution in [0.15, 0.2) is 29.9 Å². The number of carbonyl (C=O) groups is 1. The second-order valence-electron chi connectivity index (χ2n) is 5.25. The van der Waals surface area contributed by atoms with E-state index in [-0.39, 0.29) is 5.91 Å². The number of thiazole rings is 1. The lowest BCUT2D eigenvalue weighted by Gasteiger charge is -2.32. The molecule has 6 heteroatoms. The number of amides is 1. The van der Waals surface area contributed by atoms with Gasteiger partial charge in [-0.2, -0.15) is 0 Å². The van der Waals surface area contributed by atoms with Crippen molar-refractivity contribution < 1.29 is 9.53 Å². The summed E-state index contributed by atoms with van der Waals surface area (Å²) in [6, 6.07) is 3.56. The van der Waals surface area contributed by atoms with Crippen LogP contribution < -0.4 is 4.74 Å². The molecule has 1 aliphatic rings. The second-order valence-corrected chi connectivity index (χ2v) is 6.18. The first-order valence-electron chi connectivity index (χ1n) is 7.56. The van der Waals surface area contributed by atoms with Crippen molar-refractivity contribution >= 4 is 17.2 Å². The molecule has 1 saturated heterocycles. The first kappa shape index (κ1) is 15.0. The molecule has 116 valence electrons. The molecule has 1 fully saturated rings. The molecule has 1 atom stereocenters. The Bertz CT molecular complexity index is 630. The Morgan fingerprint density at radius 3 is 3.14 bits per heavy atom. The number of rotatable bonds is 4. The fourth-order valence-electron chi connectivity index (χ4n) is 2.77. The van der Waals surface area contributed by atoms with E-state index in [0.717, 1.165) is 24.4 Å². The van der Waals surface area contributed by atoms with Crippen LogP contribution in [0.3, 0.4) is 0 Å². The molecule has 0 radical (unpaired) electrons. The molecule has 1 aliphatic heterocycles. The highest BCUT2D eigenvalue weighted by Gasteiger charge is 2.28. The highest BCUT2D eigenvalue weighted by Crippen LogP contribution is 2.29. The zero-order valence-electron chi connectivity index (χ0n) is 12.6. The Balaban J connectivity index is 1.77. The lowest BCUT2D eigenvalue weighted by Crippen LogP contribution is -2.39. The van der Waals surface area contributed by atoms with Gasteiger partial charge in [-0.1, -0.05) is 0 Å². The molecule has 0 unspecified atom stereocenters. The normalized spacial score (nSPS) is 18.2. The van der Waals surface area contributed by atoms with Gasteiger partial charge in [0.05, 0.1) is 11.6 Å². The summed E-state index contributed by atoms with van der Waals surface area (Å²) >= 11 is 1.66. The van der Waals surface area contributed by atoms with Crippen molar-refractivity contribution in [2.75, 3.05) is 19.7 Å². The molecule has 1 amide bonds. The fraction of sp³-hybridized carbons (Fsp3) is 0.438. The first-order valence-corrected chi connectivity index (χ1v) is 8.44. The monoisotopic (exact) mass is 317 g/mol. The van der Waals surface area contributed by atoms with E-state index in [0.29, 0.717) is 30.5 Å². The van der Waals surface area contributed by atoms with E-state index >= 15 is 0 Å². The van der Waals surface area contributed by atoms with Crippen LogP contribution >= 0.6 is 11.3 Å². The van der Waals surface area contributed by atoms with Crippen LogP contribution in [0, 0.1) is 0 Å². The van der Waals surface area contributed by atoms with Gasteiger partial charge in [-0.15, -0.1) is 11.3 Å². The SMILES string of the molecule is CCOc1ncccc1C(=O)N1CCC[C@@H](c2nccs2)C1. The van der Waals surface area contributed by atoms with Crippen LogP contribution in [0.25, 0.3) is 0 Å². The number of hydrogen-bond acceptors (Lipinski definition) is 5. The molecule has 0 spiro atoms. The van der Waals surface area contributed by atoms with Crippen molar-refractivity contribution in [1.82, 2.24) is 14.9 Å². The third kappa shape index (κ3) is 3.11. The zero-order chi connectivity index (χ0) is 15.4. The highest BCUT2D eigenvalue weighted by atomic mass is 32.1. The van der Waals surface area contributed by atoms with Gasteiger partial charge in [0.25, 0.3) is 5.91 Å². The van der Waals surface area contributed by atoms with E-state index < -0.39 is 0 Å². The molecule has 0 saturated carbocycles. The van der Waals surface area contributed by atoms with Crippen LogP contribution in [-0.4, -0.2) is 40.5 Å². The van der Waals surface area contributed by atoms with Gasteiger partial charge in [0.1, 0.15) is 5.56 Å². The third-order valence-corrected chi connectivity index (χ3v) is 4.73. The van der Waals surface area contributed by atoms with Gasteiger partial charge in [-0.3, -0.25) is 4.79 Å². The number of nitrogens with zero attached hydrogens (tertiary/aromatic N) is 3.